The minimum atomic E-state index is -0.104. The van der Waals surface area contributed by atoms with Gasteiger partial charge in [-0.15, -0.1) is 24.0 Å². The van der Waals surface area contributed by atoms with Crippen LogP contribution in [0.4, 0.5) is 5.69 Å². The molecule has 1 aromatic carbocycles. The van der Waals surface area contributed by atoms with Crippen LogP contribution in [0.3, 0.4) is 0 Å². The molecule has 0 spiro atoms. The van der Waals surface area contributed by atoms with Gasteiger partial charge in [0.2, 0.25) is 5.91 Å². The second kappa shape index (κ2) is 15.3. The first-order chi connectivity index (χ1) is 13.7. The minimum absolute atomic E-state index is 0. The van der Waals surface area contributed by atoms with Gasteiger partial charge >= 0.3 is 0 Å². The van der Waals surface area contributed by atoms with Crippen molar-refractivity contribution in [2.45, 2.75) is 32.8 Å². The summed E-state index contributed by atoms with van der Waals surface area (Å²) in [5.41, 5.74) is 0.722. The molecule has 1 aliphatic rings. The second-order valence-corrected chi connectivity index (χ2v) is 6.45. The van der Waals surface area contributed by atoms with Crippen LogP contribution in [-0.2, 0) is 14.3 Å². The third-order valence-corrected chi connectivity index (χ3v) is 3.98. The molecular weight excluding hydrogens is 487 g/mol. The van der Waals surface area contributed by atoms with Crippen molar-refractivity contribution in [1.82, 2.24) is 10.6 Å². The van der Waals surface area contributed by atoms with E-state index in [4.69, 9.17) is 14.2 Å². The quantitative estimate of drug-likeness (QED) is 0.180. The highest BCUT2D eigenvalue weighted by Gasteiger charge is 2.15. The topological polar surface area (TPSA) is 93.2 Å². The number of halogens is 1. The Bertz CT molecular complexity index is 624. The van der Waals surface area contributed by atoms with E-state index in [0.29, 0.717) is 38.7 Å². The van der Waals surface area contributed by atoms with Crippen LogP contribution in [-0.4, -0.2) is 64.0 Å². The molecule has 1 aromatic rings. The molecule has 0 radical (unpaired) electrons. The Morgan fingerprint density at radius 3 is 2.90 bits per heavy atom. The number of carbonyl (C=O) groups excluding carboxylic acids is 1. The Kier molecular flexibility index (Phi) is 13.4. The van der Waals surface area contributed by atoms with Gasteiger partial charge in [0, 0.05) is 45.0 Å². The number of aliphatic imine (C=N–C) groups is 1. The lowest BCUT2D eigenvalue weighted by Crippen LogP contribution is -2.39. The Morgan fingerprint density at radius 1 is 1.31 bits per heavy atom. The van der Waals surface area contributed by atoms with Crippen LogP contribution >= 0.6 is 24.0 Å². The number of nitrogens with zero attached hydrogens (tertiary/aromatic N) is 1. The van der Waals surface area contributed by atoms with Crippen molar-refractivity contribution in [3.8, 4) is 5.75 Å². The third kappa shape index (κ3) is 11.2. The number of rotatable bonds is 11. The maximum Gasteiger partial charge on any atom is 0.221 e. The molecule has 1 saturated heterocycles. The number of carbonyl (C=O) groups is 1. The van der Waals surface area contributed by atoms with E-state index in [9.17, 15) is 4.79 Å². The van der Waals surface area contributed by atoms with E-state index in [-0.39, 0.29) is 36.0 Å². The highest BCUT2D eigenvalue weighted by atomic mass is 127. The van der Waals surface area contributed by atoms with Crippen molar-refractivity contribution in [2.24, 2.45) is 4.99 Å². The van der Waals surface area contributed by atoms with Gasteiger partial charge in [0.05, 0.1) is 19.3 Å². The molecular formula is C20H33IN4O4. The van der Waals surface area contributed by atoms with Crippen LogP contribution in [0.5, 0.6) is 5.75 Å². The van der Waals surface area contributed by atoms with Crippen molar-refractivity contribution in [2.75, 3.05) is 51.4 Å². The van der Waals surface area contributed by atoms with Crippen LogP contribution < -0.4 is 20.7 Å². The van der Waals surface area contributed by atoms with Crippen LogP contribution in [0.15, 0.2) is 29.3 Å². The molecule has 0 bridgehead atoms. The van der Waals surface area contributed by atoms with Gasteiger partial charge in [-0.3, -0.25) is 9.79 Å². The lowest BCUT2D eigenvalue weighted by Gasteiger charge is -2.13. The summed E-state index contributed by atoms with van der Waals surface area (Å²) in [6.45, 7) is 8.32. The molecule has 164 valence electrons. The largest absolute Gasteiger partial charge is 0.492 e. The van der Waals surface area contributed by atoms with E-state index in [2.05, 4.69) is 20.9 Å². The predicted molar refractivity (Wildman–Crippen MR) is 125 cm³/mol. The van der Waals surface area contributed by atoms with Gasteiger partial charge in [-0.25, -0.2) is 0 Å². The van der Waals surface area contributed by atoms with Crippen molar-refractivity contribution in [3.63, 3.8) is 0 Å². The van der Waals surface area contributed by atoms with Crippen LogP contribution in [0.1, 0.15) is 26.7 Å². The summed E-state index contributed by atoms with van der Waals surface area (Å²) < 4.78 is 16.8. The van der Waals surface area contributed by atoms with E-state index in [1.165, 1.54) is 6.92 Å². The number of guanidine groups is 1. The number of hydrogen-bond donors (Lipinski definition) is 3. The number of ether oxygens (including phenoxy) is 3. The normalized spacial score (nSPS) is 16.1. The maximum atomic E-state index is 11.1. The summed E-state index contributed by atoms with van der Waals surface area (Å²) in [6.07, 6.45) is 2.11. The van der Waals surface area contributed by atoms with E-state index < -0.39 is 0 Å². The third-order valence-electron chi connectivity index (χ3n) is 3.98. The molecule has 0 aromatic heterocycles. The number of nitrogens with one attached hydrogen (secondary N) is 3. The Hall–Kier alpha value is -1.59. The summed E-state index contributed by atoms with van der Waals surface area (Å²) in [5, 5.41) is 9.21. The molecule has 9 heteroatoms. The fourth-order valence-electron chi connectivity index (χ4n) is 2.70. The molecule has 3 N–H and O–H groups in total. The lowest BCUT2D eigenvalue weighted by atomic mass is 10.3. The van der Waals surface area contributed by atoms with Crippen molar-refractivity contribution in [3.05, 3.63) is 24.3 Å². The molecule has 8 nitrogen and oxygen atoms in total. The first kappa shape index (κ1) is 25.4. The number of hydrogen-bond acceptors (Lipinski definition) is 5. The minimum Gasteiger partial charge on any atom is -0.492 e. The average molecular weight is 520 g/mol. The molecule has 0 saturated carbocycles. The van der Waals surface area contributed by atoms with Crippen LogP contribution in [0.25, 0.3) is 0 Å². The number of amides is 1. The molecule has 2 rings (SSSR count). The summed E-state index contributed by atoms with van der Waals surface area (Å²) >= 11 is 0. The molecule has 1 fully saturated rings. The van der Waals surface area contributed by atoms with Gasteiger partial charge in [-0.2, -0.15) is 0 Å². The van der Waals surface area contributed by atoms with E-state index in [0.717, 1.165) is 37.6 Å². The highest BCUT2D eigenvalue weighted by molar-refractivity contribution is 14.0. The van der Waals surface area contributed by atoms with E-state index >= 15 is 0 Å². The fraction of sp³-hybridized carbons (Fsp3) is 0.600. The first-order valence-corrected chi connectivity index (χ1v) is 9.89. The number of benzene rings is 1. The van der Waals surface area contributed by atoms with Gasteiger partial charge in [-0.05, 0) is 31.9 Å². The molecule has 0 aliphatic carbocycles. The summed E-state index contributed by atoms with van der Waals surface area (Å²) in [7, 11) is 0. The molecule has 1 heterocycles. The smallest absolute Gasteiger partial charge is 0.221 e. The van der Waals surface area contributed by atoms with Crippen molar-refractivity contribution in [1.29, 1.82) is 0 Å². The lowest BCUT2D eigenvalue weighted by molar-refractivity contribution is -0.114. The average Bonchev–Trinajstić information content (AvgIpc) is 3.18. The summed E-state index contributed by atoms with van der Waals surface area (Å²) in [4.78, 5) is 15.7. The zero-order valence-electron chi connectivity index (χ0n) is 17.2. The summed E-state index contributed by atoms with van der Waals surface area (Å²) in [6, 6.07) is 7.33. The predicted octanol–water partition coefficient (Wildman–Crippen LogP) is 2.39. The SMILES string of the molecule is CCNC(=NCCCOC1CCOC1)NCCOc1cccc(NC(C)=O)c1.I. The number of anilines is 1. The van der Waals surface area contributed by atoms with Gasteiger partial charge in [0.25, 0.3) is 0 Å². The van der Waals surface area contributed by atoms with Gasteiger partial charge in [-0.1, -0.05) is 6.07 Å². The van der Waals surface area contributed by atoms with Gasteiger partial charge in [0.15, 0.2) is 5.96 Å². The summed E-state index contributed by atoms with van der Waals surface area (Å²) in [5.74, 6) is 1.37. The highest BCUT2D eigenvalue weighted by Crippen LogP contribution is 2.17. The second-order valence-electron chi connectivity index (χ2n) is 6.45. The van der Waals surface area contributed by atoms with Crippen molar-refractivity contribution >= 4 is 41.5 Å². The van der Waals surface area contributed by atoms with Crippen LogP contribution in [0, 0.1) is 0 Å². The molecule has 1 aliphatic heterocycles. The van der Waals surface area contributed by atoms with E-state index in [1.54, 1.807) is 6.07 Å². The van der Waals surface area contributed by atoms with E-state index in [1.807, 2.05) is 25.1 Å². The molecule has 29 heavy (non-hydrogen) atoms. The Labute approximate surface area is 190 Å². The van der Waals surface area contributed by atoms with Crippen molar-refractivity contribution < 1.29 is 19.0 Å². The maximum absolute atomic E-state index is 11.1. The van der Waals surface area contributed by atoms with Gasteiger partial charge < -0.3 is 30.2 Å². The van der Waals surface area contributed by atoms with Gasteiger partial charge in [0.1, 0.15) is 12.4 Å². The molecule has 1 unspecified atom stereocenters. The van der Waals surface area contributed by atoms with Crippen LogP contribution in [0.2, 0.25) is 0 Å². The first-order valence-electron chi connectivity index (χ1n) is 9.89. The Balaban J connectivity index is 0.00000420. The monoisotopic (exact) mass is 520 g/mol. The fourth-order valence-corrected chi connectivity index (χ4v) is 2.70. The zero-order chi connectivity index (χ0) is 20.0. The zero-order valence-corrected chi connectivity index (χ0v) is 19.6. The molecule has 1 amide bonds. The standard InChI is InChI=1S/C20H32N4O4.HI/c1-3-21-20(22-9-5-11-27-19-8-12-26-15-19)23-10-13-28-18-7-4-6-17(14-18)24-16(2)25;/h4,6-7,14,19H,3,5,8-13,15H2,1-2H3,(H,24,25)(H2,21,22,23);1H. The Morgan fingerprint density at radius 2 is 2.17 bits per heavy atom. The molecule has 1 atom stereocenters.